The molecule has 1 aliphatic rings. The molecule has 1 aromatic heterocycles. The highest BCUT2D eigenvalue weighted by molar-refractivity contribution is 5.63. The lowest BCUT2D eigenvalue weighted by atomic mass is 10.1. The second-order valence-electron chi connectivity index (χ2n) is 5.73. The standard InChI is InChI=1S/C16H19F3N4/c17-16(18,19)14-4-2-12(3-5-14)15-13(10-21-22-15)11-23-8-1-6-20-7-9-23/h2-5,10,20H,1,6-9,11H2,(H,21,22). The minimum Gasteiger partial charge on any atom is -0.315 e. The number of rotatable bonds is 3. The average Bonchev–Trinajstić information content (AvgIpc) is 2.82. The van der Waals surface area contributed by atoms with E-state index in [9.17, 15) is 13.2 Å². The zero-order chi connectivity index (χ0) is 16.3. The van der Waals surface area contributed by atoms with Crippen molar-refractivity contribution < 1.29 is 13.2 Å². The number of aromatic amines is 1. The number of aromatic nitrogens is 2. The molecule has 0 unspecified atom stereocenters. The van der Waals surface area contributed by atoms with Crippen molar-refractivity contribution in [3.8, 4) is 11.3 Å². The minimum atomic E-state index is -4.31. The monoisotopic (exact) mass is 324 g/mol. The quantitative estimate of drug-likeness (QED) is 0.912. The Labute approximate surface area is 132 Å². The molecule has 7 heteroatoms. The summed E-state index contributed by atoms with van der Waals surface area (Å²) in [4.78, 5) is 2.33. The van der Waals surface area contributed by atoms with Gasteiger partial charge < -0.3 is 5.32 Å². The lowest BCUT2D eigenvalue weighted by Gasteiger charge is -2.19. The van der Waals surface area contributed by atoms with Gasteiger partial charge in [-0.3, -0.25) is 10.00 Å². The maximum absolute atomic E-state index is 12.7. The Kier molecular flexibility index (Phi) is 4.68. The Hall–Kier alpha value is -1.86. The van der Waals surface area contributed by atoms with Crippen LogP contribution in [0.3, 0.4) is 0 Å². The van der Waals surface area contributed by atoms with Gasteiger partial charge in [-0.15, -0.1) is 0 Å². The number of halogens is 3. The number of benzene rings is 1. The van der Waals surface area contributed by atoms with Crippen molar-refractivity contribution in [1.82, 2.24) is 20.4 Å². The van der Waals surface area contributed by atoms with Crippen LogP contribution in [0.1, 0.15) is 17.5 Å². The zero-order valence-corrected chi connectivity index (χ0v) is 12.7. The van der Waals surface area contributed by atoms with Gasteiger partial charge in [-0.1, -0.05) is 12.1 Å². The van der Waals surface area contributed by atoms with Gasteiger partial charge in [0.25, 0.3) is 0 Å². The molecule has 4 nitrogen and oxygen atoms in total. The van der Waals surface area contributed by atoms with Crippen LogP contribution >= 0.6 is 0 Å². The smallest absolute Gasteiger partial charge is 0.315 e. The van der Waals surface area contributed by atoms with Crippen molar-refractivity contribution in [3.63, 3.8) is 0 Å². The molecule has 0 aliphatic carbocycles. The normalized spacial score (nSPS) is 17.2. The summed E-state index contributed by atoms with van der Waals surface area (Å²) in [5.74, 6) is 0. The summed E-state index contributed by atoms with van der Waals surface area (Å²) in [6.07, 6.45) is -1.47. The highest BCUT2D eigenvalue weighted by Gasteiger charge is 2.30. The summed E-state index contributed by atoms with van der Waals surface area (Å²) in [5, 5.41) is 10.3. The van der Waals surface area contributed by atoms with Crippen LogP contribution in [0.2, 0.25) is 0 Å². The van der Waals surface area contributed by atoms with E-state index in [1.165, 1.54) is 12.1 Å². The fourth-order valence-electron chi connectivity index (χ4n) is 2.81. The third kappa shape index (κ3) is 3.92. The lowest BCUT2D eigenvalue weighted by Crippen LogP contribution is -2.27. The molecule has 0 radical (unpaired) electrons. The molecule has 2 N–H and O–H groups in total. The van der Waals surface area contributed by atoms with Crippen LogP contribution in [0.4, 0.5) is 13.2 Å². The Morgan fingerprint density at radius 3 is 2.61 bits per heavy atom. The number of hydrogen-bond acceptors (Lipinski definition) is 3. The molecule has 1 fully saturated rings. The van der Waals surface area contributed by atoms with E-state index < -0.39 is 11.7 Å². The van der Waals surface area contributed by atoms with Crippen LogP contribution in [-0.4, -0.2) is 41.3 Å². The van der Waals surface area contributed by atoms with E-state index in [1.807, 2.05) is 0 Å². The molecule has 0 bridgehead atoms. The maximum Gasteiger partial charge on any atom is 0.416 e. The van der Waals surface area contributed by atoms with Crippen LogP contribution in [0.25, 0.3) is 11.3 Å². The van der Waals surface area contributed by atoms with Gasteiger partial charge in [0.1, 0.15) is 0 Å². The second-order valence-corrected chi connectivity index (χ2v) is 5.73. The van der Waals surface area contributed by atoms with Crippen molar-refractivity contribution in [1.29, 1.82) is 0 Å². The van der Waals surface area contributed by atoms with Gasteiger partial charge in [-0.05, 0) is 37.2 Å². The first-order valence-corrected chi connectivity index (χ1v) is 7.67. The summed E-state index contributed by atoms with van der Waals surface area (Å²) >= 11 is 0. The number of alkyl halides is 3. The van der Waals surface area contributed by atoms with Crippen LogP contribution in [-0.2, 0) is 12.7 Å². The first-order chi connectivity index (χ1) is 11.0. The molecule has 1 aromatic carbocycles. The molecule has 3 rings (SSSR count). The van der Waals surface area contributed by atoms with Crippen molar-refractivity contribution in [2.45, 2.75) is 19.1 Å². The van der Waals surface area contributed by atoms with E-state index in [1.54, 1.807) is 6.20 Å². The predicted molar refractivity (Wildman–Crippen MR) is 81.8 cm³/mol. The topological polar surface area (TPSA) is 44.0 Å². The second kappa shape index (κ2) is 6.72. The van der Waals surface area contributed by atoms with E-state index in [2.05, 4.69) is 20.4 Å². The van der Waals surface area contributed by atoms with Crippen LogP contribution < -0.4 is 5.32 Å². The Morgan fingerprint density at radius 2 is 1.87 bits per heavy atom. The SMILES string of the molecule is FC(F)(F)c1ccc(-c2[nH]ncc2CN2CCCNCC2)cc1. The molecule has 2 heterocycles. The van der Waals surface area contributed by atoms with Gasteiger partial charge in [0, 0.05) is 25.2 Å². The molecule has 1 aliphatic heterocycles. The van der Waals surface area contributed by atoms with E-state index in [0.29, 0.717) is 0 Å². The van der Waals surface area contributed by atoms with E-state index in [0.717, 1.165) is 68.1 Å². The molecule has 23 heavy (non-hydrogen) atoms. The molecule has 0 amide bonds. The van der Waals surface area contributed by atoms with Crippen molar-refractivity contribution in [2.24, 2.45) is 0 Å². The molecule has 124 valence electrons. The van der Waals surface area contributed by atoms with Gasteiger partial charge in [-0.25, -0.2) is 0 Å². The molecule has 2 aromatic rings. The summed E-state index contributed by atoms with van der Waals surface area (Å²) in [5.41, 5.74) is 1.88. The molecule has 0 spiro atoms. The fraction of sp³-hybridized carbons (Fsp3) is 0.438. The number of H-pyrrole nitrogens is 1. The zero-order valence-electron chi connectivity index (χ0n) is 12.7. The van der Waals surface area contributed by atoms with E-state index in [4.69, 9.17) is 0 Å². The lowest BCUT2D eigenvalue weighted by molar-refractivity contribution is -0.137. The van der Waals surface area contributed by atoms with Gasteiger partial charge >= 0.3 is 6.18 Å². The summed E-state index contributed by atoms with van der Waals surface area (Å²) in [6, 6.07) is 5.19. The van der Waals surface area contributed by atoms with Crippen molar-refractivity contribution in [3.05, 3.63) is 41.6 Å². The third-order valence-electron chi connectivity index (χ3n) is 4.05. The van der Waals surface area contributed by atoms with Gasteiger partial charge in [0.15, 0.2) is 0 Å². The molecule has 1 saturated heterocycles. The first kappa shape index (κ1) is 16.0. The highest BCUT2D eigenvalue weighted by Crippen LogP contribution is 2.31. The Bertz CT molecular complexity index is 626. The number of nitrogens with one attached hydrogen (secondary N) is 2. The van der Waals surface area contributed by atoms with Crippen LogP contribution in [0.5, 0.6) is 0 Å². The van der Waals surface area contributed by atoms with Crippen molar-refractivity contribution in [2.75, 3.05) is 26.2 Å². The van der Waals surface area contributed by atoms with E-state index >= 15 is 0 Å². The van der Waals surface area contributed by atoms with Gasteiger partial charge in [0.2, 0.25) is 0 Å². The maximum atomic E-state index is 12.7. The molecular formula is C16H19F3N4. The number of nitrogens with zero attached hydrogens (tertiary/aromatic N) is 2. The Balaban J connectivity index is 1.77. The largest absolute Gasteiger partial charge is 0.416 e. The summed E-state index contributed by atoms with van der Waals surface area (Å²) in [7, 11) is 0. The van der Waals surface area contributed by atoms with Crippen LogP contribution in [0, 0.1) is 0 Å². The fourth-order valence-corrected chi connectivity index (χ4v) is 2.81. The summed E-state index contributed by atoms with van der Waals surface area (Å²) < 4.78 is 38.0. The average molecular weight is 324 g/mol. The van der Waals surface area contributed by atoms with Gasteiger partial charge in [0.05, 0.1) is 17.5 Å². The molecule has 0 saturated carbocycles. The molecule has 0 atom stereocenters. The Morgan fingerprint density at radius 1 is 1.09 bits per heavy atom. The van der Waals surface area contributed by atoms with Crippen molar-refractivity contribution >= 4 is 0 Å². The molecular weight excluding hydrogens is 305 g/mol. The summed E-state index contributed by atoms with van der Waals surface area (Å²) in [6.45, 7) is 4.68. The van der Waals surface area contributed by atoms with Gasteiger partial charge in [-0.2, -0.15) is 18.3 Å². The highest BCUT2D eigenvalue weighted by atomic mass is 19.4. The first-order valence-electron chi connectivity index (χ1n) is 7.67. The van der Waals surface area contributed by atoms with Crippen LogP contribution in [0.15, 0.2) is 30.5 Å². The minimum absolute atomic E-state index is 0.638. The third-order valence-corrected chi connectivity index (χ3v) is 4.05. The van der Waals surface area contributed by atoms with E-state index in [-0.39, 0.29) is 0 Å². The number of hydrogen-bond donors (Lipinski definition) is 2. The predicted octanol–water partition coefficient (Wildman–Crippen LogP) is 2.89.